The highest BCUT2D eigenvalue weighted by Crippen LogP contribution is 2.36. The number of aliphatic carboxylic acids is 4. The number of nitrogens with two attached hydrogens (primary N) is 2. The Morgan fingerprint density at radius 2 is 0.907 bits per heavy atom. The van der Waals surface area contributed by atoms with E-state index in [4.69, 9.17) is 11.5 Å². The summed E-state index contributed by atoms with van der Waals surface area (Å²) < 4.78 is 31.8. The third kappa shape index (κ3) is 29.1. The van der Waals surface area contributed by atoms with Gasteiger partial charge in [0.25, 0.3) is 0 Å². The third-order valence-corrected chi connectivity index (χ3v) is 11.0. The quantitative estimate of drug-likeness (QED) is 0.0257. The molecule has 0 aromatic carbocycles. The maximum Gasteiger partial charge on any atom is 0.469 e. The summed E-state index contributed by atoms with van der Waals surface area (Å²) in [5, 5.41) is 63.6. The minimum absolute atomic E-state index is 0.355. The smallest absolute Gasteiger partial charge is 0.469 e. The Hall–Kier alpha value is -6.75. The number of nitrogens with one attached hydrogen (secondary N) is 8. The highest BCUT2D eigenvalue weighted by atomic mass is 31.2. The van der Waals surface area contributed by atoms with Gasteiger partial charge in [0.15, 0.2) is 0 Å². The van der Waals surface area contributed by atoms with E-state index in [-0.39, 0.29) is 5.92 Å². The second kappa shape index (κ2) is 32.5. The van der Waals surface area contributed by atoms with Crippen molar-refractivity contribution >= 4 is 92.7 Å². The molecule has 0 saturated carbocycles. The molecule has 0 radical (unpaired) electrons. The van der Waals surface area contributed by atoms with Crippen molar-refractivity contribution in [3.63, 3.8) is 0 Å². The zero-order valence-corrected chi connectivity index (χ0v) is 41.9. The molecule has 38 heteroatoms. The van der Waals surface area contributed by atoms with E-state index >= 15 is 0 Å². The molecule has 36 nitrogen and oxygen atoms in total. The first-order valence-corrected chi connectivity index (χ1v) is 24.9. The molecule has 0 unspecified atom stereocenters. The average molecular weight is 1120 g/mol. The number of hydrogen-bond acceptors (Lipinski definition) is 19. The molecule has 10 atom stereocenters. The third-order valence-electron chi connectivity index (χ3n) is 10.0. The van der Waals surface area contributed by atoms with Crippen molar-refractivity contribution in [1.82, 2.24) is 42.5 Å². The van der Waals surface area contributed by atoms with Crippen LogP contribution in [0.3, 0.4) is 0 Å². The summed E-state index contributed by atoms with van der Waals surface area (Å²) in [6, 6.07) is -16.2. The molecular weight excluding hydrogens is 1060 g/mol. The van der Waals surface area contributed by atoms with Crippen molar-refractivity contribution in [1.29, 1.82) is 0 Å². The highest BCUT2D eigenvalue weighted by Gasteiger charge is 2.37. The fourth-order valence-electron chi connectivity index (χ4n) is 5.76. The molecule has 0 heterocycles. The van der Waals surface area contributed by atoms with E-state index in [1.807, 2.05) is 37.2 Å². The lowest BCUT2D eigenvalue weighted by Crippen LogP contribution is -2.62. The normalized spacial score (nSPS) is 15.4. The molecule has 21 N–H and O–H groups in total. The van der Waals surface area contributed by atoms with Gasteiger partial charge in [-0.05, 0) is 32.1 Å². The van der Waals surface area contributed by atoms with Crippen molar-refractivity contribution in [2.75, 3.05) is 19.8 Å². The number of hydrogen-bond donors (Lipinski definition) is 19. The first-order valence-electron chi connectivity index (χ1n) is 21.9. The number of carbonyl (C=O) groups excluding carboxylic acids is 9. The van der Waals surface area contributed by atoms with Crippen LogP contribution < -0.4 is 54.0 Å². The van der Waals surface area contributed by atoms with Gasteiger partial charge in [-0.15, -0.1) is 0 Å². The van der Waals surface area contributed by atoms with E-state index in [0.29, 0.717) is 6.42 Å². The van der Waals surface area contributed by atoms with Gasteiger partial charge in [0, 0.05) is 19.3 Å². The summed E-state index contributed by atoms with van der Waals surface area (Å²) in [7, 11) is -11.0. The molecule has 9 amide bonds. The molecule has 0 aromatic heterocycles. The summed E-state index contributed by atoms with van der Waals surface area (Å²) >= 11 is 0. The summed E-state index contributed by atoms with van der Waals surface area (Å²) in [6.07, 6.45) is -7.72. The number of carboxylic acids is 4. The van der Waals surface area contributed by atoms with Crippen LogP contribution >= 0.6 is 15.6 Å². The van der Waals surface area contributed by atoms with Gasteiger partial charge in [0.2, 0.25) is 53.2 Å². The molecule has 0 rings (SSSR count). The Labute approximate surface area is 424 Å². The topological polar surface area (TPSA) is 605 Å². The number of rotatable bonds is 37. The van der Waals surface area contributed by atoms with E-state index in [9.17, 15) is 117 Å². The van der Waals surface area contributed by atoms with Crippen LogP contribution in [-0.2, 0) is 80.5 Å². The first kappa shape index (κ1) is 68.2. The van der Waals surface area contributed by atoms with Gasteiger partial charge in [0.05, 0.1) is 38.3 Å². The van der Waals surface area contributed by atoms with E-state index < -0.39 is 212 Å². The minimum Gasteiger partial charge on any atom is -0.481 e. The number of primary amides is 1. The number of aliphatic hydroxyl groups is 1. The van der Waals surface area contributed by atoms with Crippen molar-refractivity contribution < 1.29 is 126 Å². The molecule has 0 spiro atoms. The SMILES string of the molecule is CC[C@H](C)[C@H](N)C(=O)NCC(=O)N[C@@H](COP(=O)(O)O)C(=O)N[C@@H](CCC(=O)O)C(=O)N[C@@H](COP(=O)(O)O)C(=O)N[C@H](C(=O)N[C@@H](CCC(=O)O)C(=O)N[C@@H](CC(=O)O)C(=O)N[C@@H](CCC(N)=O)C(=O)O)[C@@H](C)O. The Balaban J connectivity index is 6.84. The predicted molar refractivity (Wildman–Crippen MR) is 244 cm³/mol. The van der Waals surface area contributed by atoms with E-state index in [1.165, 1.54) is 0 Å². The molecule has 0 aliphatic rings. The van der Waals surface area contributed by atoms with E-state index in [2.05, 4.69) is 14.4 Å². The number of amides is 9. The Morgan fingerprint density at radius 1 is 0.520 bits per heavy atom. The highest BCUT2D eigenvalue weighted by molar-refractivity contribution is 7.46. The number of phosphoric acid groups is 2. The van der Waals surface area contributed by atoms with Crippen molar-refractivity contribution in [2.24, 2.45) is 17.4 Å². The van der Waals surface area contributed by atoms with Gasteiger partial charge in [-0.3, -0.25) is 66.6 Å². The van der Waals surface area contributed by atoms with Crippen molar-refractivity contribution in [3.05, 3.63) is 0 Å². The Kier molecular flexibility index (Phi) is 29.6. The molecular formula is C37H62N10O26P2. The van der Waals surface area contributed by atoms with Crippen LogP contribution in [0.5, 0.6) is 0 Å². The van der Waals surface area contributed by atoms with E-state index in [0.717, 1.165) is 6.92 Å². The zero-order chi connectivity index (χ0) is 58.1. The summed E-state index contributed by atoms with van der Waals surface area (Å²) in [5.74, 6) is -19.4. The van der Waals surface area contributed by atoms with Crippen LogP contribution in [0.25, 0.3) is 0 Å². The molecule has 426 valence electrons. The Bertz CT molecular complexity index is 2190. The molecule has 0 bridgehead atoms. The van der Waals surface area contributed by atoms with Gasteiger partial charge in [-0.1, -0.05) is 20.3 Å². The molecule has 0 saturated heterocycles. The average Bonchev–Trinajstić information content (AvgIpc) is 3.28. The second-order valence-electron chi connectivity index (χ2n) is 16.2. The maximum atomic E-state index is 13.7. The van der Waals surface area contributed by atoms with Gasteiger partial charge >= 0.3 is 39.5 Å². The number of aliphatic hydroxyl groups excluding tert-OH is 1. The van der Waals surface area contributed by atoms with Crippen LogP contribution in [0.2, 0.25) is 0 Å². The number of phosphoric ester groups is 2. The summed E-state index contributed by atoms with van der Waals surface area (Å²) in [6.45, 7) is 0.424. The summed E-state index contributed by atoms with van der Waals surface area (Å²) in [5.41, 5.74) is 10.8. The van der Waals surface area contributed by atoms with Crippen LogP contribution in [0, 0.1) is 5.92 Å². The summed E-state index contributed by atoms with van der Waals surface area (Å²) in [4.78, 5) is 201. The maximum absolute atomic E-state index is 13.7. The largest absolute Gasteiger partial charge is 0.481 e. The van der Waals surface area contributed by atoms with Crippen LogP contribution in [0.4, 0.5) is 0 Å². The van der Waals surface area contributed by atoms with Gasteiger partial charge in [-0.2, -0.15) is 0 Å². The fraction of sp³-hybridized carbons (Fsp3) is 0.649. The van der Waals surface area contributed by atoms with Gasteiger partial charge < -0.3 is 99.1 Å². The lowest BCUT2D eigenvalue weighted by molar-refractivity contribution is -0.144. The van der Waals surface area contributed by atoms with Gasteiger partial charge in [-0.25, -0.2) is 13.9 Å². The molecule has 0 aliphatic heterocycles. The van der Waals surface area contributed by atoms with Crippen LogP contribution in [-0.4, -0.2) is 196 Å². The monoisotopic (exact) mass is 1120 g/mol. The fourth-order valence-corrected chi connectivity index (χ4v) is 6.45. The minimum atomic E-state index is -5.58. The second-order valence-corrected chi connectivity index (χ2v) is 18.6. The lowest BCUT2D eigenvalue weighted by atomic mass is 9.99. The lowest BCUT2D eigenvalue weighted by Gasteiger charge is -2.28. The molecule has 0 aliphatic carbocycles. The predicted octanol–water partition coefficient (Wildman–Crippen LogP) is -7.98. The number of carbonyl (C=O) groups is 13. The molecule has 0 fully saturated rings. The van der Waals surface area contributed by atoms with E-state index in [1.54, 1.807) is 13.8 Å². The Morgan fingerprint density at radius 3 is 1.32 bits per heavy atom. The first-order chi connectivity index (χ1) is 34.5. The van der Waals surface area contributed by atoms with Crippen LogP contribution in [0.15, 0.2) is 0 Å². The standard InChI is InChI=1S/C37H62N10O26P2/c1-4-15(2)28(39)35(62)40-12-24(50)41-21(13-72-74(66,67)68)33(60)42-17(6-9-25(51)52)31(58)46-22(14-73-75(69,70)71)34(61)47-29(16(3)48)36(63)43-18(7-10-26(53)54)30(57)45-20(11-27(55)56)32(59)44-19(37(64)65)5-8-23(38)49/h15-22,28-29,48H,4-14,39H2,1-3H3,(H2,38,49)(H,40,62)(H,41,50)(H,42,60)(H,43,63)(H,44,59)(H,45,57)(H,46,58)(H,47,61)(H,51,52)(H,53,54)(H,55,56)(H,64,65)(H2,66,67,68)(H2,69,70,71)/t15-,16+,17-,18-,19-,20-,21-,22-,28-,29-/m0/s1. The zero-order valence-electron chi connectivity index (χ0n) is 40.1. The van der Waals surface area contributed by atoms with Gasteiger partial charge in [0.1, 0.15) is 42.3 Å². The van der Waals surface area contributed by atoms with Crippen molar-refractivity contribution in [2.45, 2.75) is 127 Å². The van der Waals surface area contributed by atoms with Crippen LogP contribution in [0.1, 0.15) is 72.1 Å². The number of carboxylic acid groups (broad SMARTS) is 4. The molecule has 75 heavy (non-hydrogen) atoms. The van der Waals surface area contributed by atoms with Crippen molar-refractivity contribution in [3.8, 4) is 0 Å². The molecule has 0 aromatic rings.